The van der Waals surface area contributed by atoms with E-state index in [1.54, 1.807) is 53.5 Å². The molecule has 0 aliphatic carbocycles. The van der Waals surface area contributed by atoms with Crippen LogP contribution in [0.2, 0.25) is 0 Å². The lowest BCUT2D eigenvalue weighted by atomic mass is 10.1. The predicted octanol–water partition coefficient (Wildman–Crippen LogP) is 5.70. The van der Waals surface area contributed by atoms with E-state index in [4.69, 9.17) is 9.15 Å². The second kappa shape index (κ2) is 10.8. The van der Waals surface area contributed by atoms with Gasteiger partial charge in [-0.1, -0.05) is 17.3 Å². The highest BCUT2D eigenvalue weighted by Crippen LogP contribution is 2.29. The van der Waals surface area contributed by atoms with Gasteiger partial charge in [0.2, 0.25) is 5.89 Å². The molecule has 0 unspecified atom stereocenters. The molecular formula is C25H21F3N4O3. The topological polar surface area (TPSA) is 83.0 Å². The van der Waals surface area contributed by atoms with E-state index in [1.807, 2.05) is 0 Å². The lowest BCUT2D eigenvalue weighted by Crippen LogP contribution is -2.04. The highest BCUT2D eigenvalue weighted by Gasteiger charge is 2.29. The molecule has 10 heteroatoms. The van der Waals surface area contributed by atoms with Crippen LogP contribution < -0.4 is 4.74 Å². The van der Waals surface area contributed by atoms with Crippen molar-refractivity contribution in [1.29, 1.82) is 0 Å². The van der Waals surface area contributed by atoms with Crippen LogP contribution in [0.5, 0.6) is 5.75 Å². The number of Topliss-reactive ketones (excluding diaryl/α,β-unsaturated/α-hetero) is 1. The summed E-state index contributed by atoms with van der Waals surface area (Å²) >= 11 is 0. The number of benzene rings is 2. The van der Waals surface area contributed by atoms with Crippen molar-refractivity contribution in [3.63, 3.8) is 0 Å². The van der Waals surface area contributed by atoms with Gasteiger partial charge in [-0.3, -0.25) is 9.48 Å². The van der Waals surface area contributed by atoms with Crippen molar-refractivity contribution in [2.75, 3.05) is 0 Å². The van der Waals surface area contributed by atoms with Crippen molar-refractivity contribution in [3.8, 4) is 5.75 Å². The molecule has 180 valence electrons. The third-order valence-corrected chi connectivity index (χ3v) is 5.05. The van der Waals surface area contributed by atoms with Gasteiger partial charge in [0.1, 0.15) is 24.3 Å². The highest BCUT2D eigenvalue weighted by molar-refractivity contribution is 5.96. The number of hydrogen-bond donors (Lipinski definition) is 0. The Bertz CT molecular complexity index is 1260. The fourth-order valence-electron chi connectivity index (χ4n) is 3.21. The van der Waals surface area contributed by atoms with Gasteiger partial charge in [-0.25, -0.2) is 4.98 Å². The summed E-state index contributed by atoms with van der Waals surface area (Å²) in [7, 11) is 0. The minimum Gasteiger partial charge on any atom is -0.487 e. The van der Waals surface area contributed by atoms with Gasteiger partial charge in [-0.15, -0.1) is 5.10 Å². The van der Waals surface area contributed by atoms with Crippen LogP contribution in [-0.2, 0) is 19.3 Å². The molecule has 0 fully saturated rings. The summed E-state index contributed by atoms with van der Waals surface area (Å²) in [5, 5.41) is 7.60. The first-order valence-electron chi connectivity index (χ1n) is 10.8. The number of halogens is 3. The molecule has 0 radical (unpaired) electrons. The summed E-state index contributed by atoms with van der Waals surface area (Å²) in [5.74, 6) is 0.919. The highest BCUT2D eigenvalue weighted by atomic mass is 19.4. The maximum Gasteiger partial charge on any atom is 0.416 e. The van der Waals surface area contributed by atoms with E-state index in [2.05, 4.69) is 15.3 Å². The number of hydrogen-bond acceptors (Lipinski definition) is 6. The van der Waals surface area contributed by atoms with Crippen molar-refractivity contribution in [3.05, 3.63) is 95.5 Å². The molecule has 7 nitrogen and oxygen atoms in total. The Kier molecular flexibility index (Phi) is 7.39. The molecule has 0 atom stereocenters. The summed E-state index contributed by atoms with van der Waals surface area (Å²) in [6.07, 6.45) is 4.68. The van der Waals surface area contributed by atoms with E-state index < -0.39 is 11.7 Å². The molecule has 35 heavy (non-hydrogen) atoms. The number of aromatic nitrogens is 4. The van der Waals surface area contributed by atoms with Gasteiger partial charge in [-0.2, -0.15) is 13.2 Å². The minimum absolute atomic E-state index is 0.0395. The van der Waals surface area contributed by atoms with Crippen LogP contribution in [0.3, 0.4) is 0 Å². The largest absolute Gasteiger partial charge is 0.487 e. The van der Waals surface area contributed by atoms with Crippen molar-refractivity contribution >= 4 is 17.9 Å². The fourth-order valence-corrected chi connectivity index (χ4v) is 3.21. The van der Waals surface area contributed by atoms with Gasteiger partial charge in [0.15, 0.2) is 5.78 Å². The van der Waals surface area contributed by atoms with Crippen LogP contribution in [0, 0.1) is 0 Å². The predicted molar refractivity (Wildman–Crippen MR) is 121 cm³/mol. The van der Waals surface area contributed by atoms with E-state index in [0.29, 0.717) is 47.8 Å². The Morgan fingerprint density at radius 3 is 2.51 bits per heavy atom. The van der Waals surface area contributed by atoms with Gasteiger partial charge in [0.25, 0.3) is 0 Å². The molecule has 0 spiro atoms. The molecule has 2 aromatic heterocycles. The first kappa shape index (κ1) is 23.9. The average Bonchev–Trinajstić information content (AvgIpc) is 3.54. The number of ether oxygens (including phenoxy) is 1. The van der Waals surface area contributed by atoms with Gasteiger partial charge < -0.3 is 9.15 Å². The van der Waals surface area contributed by atoms with Crippen molar-refractivity contribution in [2.45, 2.75) is 32.2 Å². The van der Waals surface area contributed by atoms with E-state index in [-0.39, 0.29) is 12.4 Å². The SMILES string of the molecule is O=C(CCCn1ccnn1)c1ccc(OCc2coc(/C=C/c3ccc(C(F)(F)F)cc3)n2)cc1. The Labute approximate surface area is 198 Å². The molecule has 0 aliphatic rings. The summed E-state index contributed by atoms with van der Waals surface area (Å²) in [4.78, 5) is 16.6. The molecule has 2 aromatic carbocycles. The quantitative estimate of drug-likeness (QED) is 0.270. The smallest absolute Gasteiger partial charge is 0.416 e. The summed E-state index contributed by atoms with van der Waals surface area (Å²) in [6, 6.07) is 11.7. The van der Waals surface area contributed by atoms with Gasteiger partial charge in [0.05, 0.1) is 11.8 Å². The van der Waals surface area contributed by atoms with Crippen LogP contribution >= 0.6 is 0 Å². The Morgan fingerprint density at radius 2 is 1.83 bits per heavy atom. The molecule has 4 aromatic rings. The Balaban J connectivity index is 1.24. The van der Waals surface area contributed by atoms with Gasteiger partial charge >= 0.3 is 6.18 Å². The number of carbonyl (C=O) groups is 1. The third kappa shape index (κ3) is 6.89. The first-order valence-corrected chi connectivity index (χ1v) is 10.8. The number of oxazole rings is 1. The van der Waals surface area contributed by atoms with Crippen LogP contribution in [-0.4, -0.2) is 25.8 Å². The third-order valence-electron chi connectivity index (χ3n) is 5.05. The van der Waals surface area contributed by atoms with Gasteiger partial charge in [0, 0.05) is 30.8 Å². The Hall–Kier alpha value is -4.21. The molecule has 0 saturated carbocycles. The second-order valence-electron chi connectivity index (χ2n) is 7.64. The number of aryl methyl sites for hydroxylation is 1. The van der Waals surface area contributed by atoms with E-state index in [9.17, 15) is 18.0 Å². The number of rotatable bonds is 10. The van der Waals surface area contributed by atoms with Crippen LogP contribution in [0.15, 0.2) is 71.6 Å². The molecule has 0 saturated heterocycles. The zero-order valence-electron chi connectivity index (χ0n) is 18.5. The van der Waals surface area contributed by atoms with E-state index in [1.165, 1.54) is 18.4 Å². The van der Waals surface area contributed by atoms with Gasteiger partial charge in [-0.05, 0) is 54.5 Å². The summed E-state index contributed by atoms with van der Waals surface area (Å²) in [6.45, 7) is 0.787. The van der Waals surface area contributed by atoms with Crippen LogP contribution in [0.4, 0.5) is 13.2 Å². The maximum atomic E-state index is 12.6. The summed E-state index contributed by atoms with van der Waals surface area (Å²) < 4.78 is 50.6. The number of alkyl halides is 3. The van der Waals surface area contributed by atoms with Crippen molar-refractivity contribution in [2.24, 2.45) is 0 Å². The van der Waals surface area contributed by atoms with Crippen LogP contribution in [0.25, 0.3) is 12.2 Å². The fraction of sp³-hybridized carbons (Fsp3) is 0.200. The minimum atomic E-state index is -4.37. The molecule has 0 bridgehead atoms. The number of nitrogens with zero attached hydrogens (tertiary/aromatic N) is 4. The Morgan fingerprint density at radius 1 is 1.06 bits per heavy atom. The first-order chi connectivity index (χ1) is 16.9. The zero-order chi connectivity index (χ0) is 24.7. The molecule has 2 heterocycles. The standard InChI is InChI=1S/C25H21F3N4O3/c26-25(27,28)20-8-3-18(4-9-20)5-12-24-30-21(17-35-24)16-34-22-10-6-19(7-11-22)23(33)2-1-14-32-15-13-29-31-32/h3-13,15,17H,1-2,14,16H2/b12-5+. The molecule has 0 amide bonds. The second-order valence-corrected chi connectivity index (χ2v) is 7.64. The van der Waals surface area contributed by atoms with Crippen LogP contribution in [0.1, 0.15) is 45.9 Å². The molecule has 4 rings (SSSR count). The number of ketones is 1. The lowest BCUT2D eigenvalue weighted by molar-refractivity contribution is -0.137. The lowest BCUT2D eigenvalue weighted by Gasteiger charge is -2.06. The molecular weight excluding hydrogens is 461 g/mol. The summed E-state index contributed by atoms with van der Waals surface area (Å²) in [5.41, 5.74) is 1.03. The number of carbonyl (C=O) groups excluding carboxylic acids is 1. The van der Waals surface area contributed by atoms with Crippen molar-refractivity contribution < 1.29 is 27.1 Å². The molecule has 0 N–H and O–H groups in total. The van der Waals surface area contributed by atoms with E-state index in [0.717, 1.165) is 12.1 Å². The van der Waals surface area contributed by atoms with E-state index >= 15 is 0 Å². The maximum absolute atomic E-state index is 12.6. The normalized spacial score (nSPS) is 11.7. The monoisotopic (exact) mass is 482 g/mol. The average molecular weight is 482 g/mol. The van der Waals surface area contributed by atoms with Crippen molar-refractivity contribution in [1.82, 2.24) is 20.0 Å². The molecule has 0 aliphatic heterocycles. The zero-order valence-corrected chi connectivity index (χ0v) is 18.5.